The number of hydrogen-bond donors (Lipinski definition) is 0. The molecule has 1 saturated carbocycles. The third-order valence-corrected chi connectivity index (χ3v) is 7.13. The Kier molecular flexibility index (Phi) is 5.90. The summed E-state index contributed by atoms with van der Waals surface area (Å²) in [6.07, 6.45) is 6.66. The van der Waals surface area contributed by atoms with Gasteiger partial charge in [0.1, 0.15) is 18.2 Å². The number of amides is 1. The van der Waals surface area contributed by atoms with E-state index in [1.54, 1.807) is 0 Å². The number of benzene rings is 2. The molecule has 2 aromatic carbocycles. The molecule has 5 rings (SSSR count). The molecule has 5 nitrogen and oxygen atoms in total. The van der Waals surface area contributed by atoms with Gasteiger partial charge in [-0.25, -0.2) is 4.98 Å². The van der Waals surface area contributed by atoms with Gasteiger partial charge in [0.15, 0.2) is 0 Å². The summed E-state index contributed by atoms with van der Waals surface area (Å²) in [5, 5.41) is 0. The Morgan fingerprint density at radius 1 is 1.06 bits per heavy atom. The van der Waals surface area contributed by atoms with Gasteiger partial charge in [0, 0.05) is 24.9 Å². The maximum absolute atomic E-state index is 12.9. The van der Waals surface area contributed by atoms with E-state index in [2.05, 4.69) is 59.7 Å². The summed E-state index contributed by atoms with van der Waals surface area (Å²) in [5.41, 5.74) is 4.52. The third kappa shape index (κ3) is 4.13. The first-order chi connectivity index (χ1) is 15.6. The molecular formula is C27H33N3O2. The largest absolute Gasteiger partial charge is 0.491 e. The van der Waals surface area contributed by atoms with E-state index in [0.717, 1.165) is 54.1 Å². The molecule has 0 N–H and O–H groups in total. The molecule has 1 saturated heterocycles. The van der Waals surface area contributed by atoms with Crippen LogP contribution < -0.4 is 4.74 Å². The van der Waals surface area contributed by atoms with Gasteiger partial charge in [-0.15, -0.1) is 0 Å². The molecule has 0 spiro atoms. The summed E-state index contributed by atoms with van der Waals surface area (Å²) in [4.78, 5) is 20.1. The van der Waals surface area contributed by atoms with Gasteiger partial charge in [0.25, 0.3) is 0 Å². The predicted molar refractivity (Wildman–Crippen MR) is 127 cm³/mol. The van der Waals surface area contributed by atoms with Crippen LogP contribution in [-0.4, -0.2) is 39.6 Å². The Hall–Kier alpha value is -2.82. The number of imidazole rings is 1. The lowest BCUT2D eigenvalue weighted by atomic mass is 9.94. The maximum atomic E-state index is 12.9. The number of fused-ring (bicyclic) bond motifs is 1. The molecule has 2 aliphatic rings. The van der Waals surface area contributed by atoms with Crippen LogP contribution in [0.3, 0.4) is 0 Å². The predicted octanol–water partition coefficient (Wildman–Crippen LogP) is 5.38. The molecule has 1 amide bonds. The van der Waals surface area contributed by atoms with Crippen molar-refractivity contribution in [2.24, 2.45) is 0 Å². The van der Waals surface area contributed by atoms with E-state index in [0.29, 0.717) is 25.0 Å². The van der Waals surface area contributed by atoms with Crippen molar-refractivity contribution < 1.29 is 9.53 Å². The molecular weight excluding hydrogens is 398 g/mol. The highest BCUT2D eigenvalue weighted by Crippen LogP contribution is 2.34. The number of para-hydroxylation sites is 2. The first-order valence-corrected chi connectivity index (χ1v) is 12.0. The molecule has 2 heterocycles. The quantitative estimate of drug-likeness (QED) is 0.526. The Balaban J connectivity index is 1.36. The second-order valence-corrected chi connectivity index (χ2v) is 9.47. The minimum atomic E-state index is 0.151. The zero-order valence-electron chi connectivity index (χ0n) is 19.2. The second kappa shape index (κ2) is 8.97. The molecule has 1 unspecified atom stereocenters. The first-order valence-electron chi connectivity index (χ1n) is 12.0. The SMILES string of the molecule is Cc1ccc(OCCn2c(C3CC(=O)N(C4CCCCC4)C3)nc3ccccc32)c(C)c1. The van der Waals surface area contributed by atoms with Gasteiger partial charge >= 0.3 is 0 Å². The van der Waals surface area contributed by atoms with Gasteiger partial charge in [-0.05, 0) is 50.5 Å². The Bertz CT molecular complexity index is 1110. The molecule has 1 aromatic heterocycles. The average Bonchev–Trinajstić information content (AvgIpc) is 3.36. The van der Waals surface area contributed by atoms with Crippen molar-refractivity contribution in [3.8, 4) is 5.75 Å². The molecule has 1 aliphatic heterocycles. The van der Waals surface area contributed by atoms with E-state index in [9.17, 15) is 4.79 Å². The van der Waals surface area contributed by atoms with Crippen molar-refractivity contribution in [2.75, 3.05) is 13.2 Å². The van der Waals surface area contributed by atoms with Crippen molar-refractivity contribution >= 4 is 16.9 Å². The van der Waals surface area contributed by atoms with Crippen LogP contribution in [0.4, 0.5) is 0 Å². The fourth-order valence-electron chi connectivity index (χ4n) is 5.50. The van der Waals surface area contributed by atoms with Crippen molar-refractivity contribution in [3.63, 3.8) is 0 Å². The standard InChI is InChI=1S/C27H33N3O2/c1-19-12-13-25(20(2)16-19)32-15-14-29-24-11-7-6-10-23(24)28-27(29)21-17-26(31)30(18-21)22-8-4-3-5-9-22/h6-7,10-13,16,21-22H,3-5,8-9,14-15,17-18H2,1-2H3. The summed E-state index contributed by atoms with van der Waals surface area (Å²) < 4.78 is 8.42. The smallest absolute Gasteiger partial charge is 0.223 e. The maximum Gasteiger partial charge on any atom is 0.223 e. The molecule has 5 heteroatoms. The molecule has 1 atom stereocenters. The zero-order chi connectivity index (χ0) is 22.1. The third-order valence-electron chi connectivity index (χ3n) is 7.13. The molecule has 2 fully saturated rings. The normalized spacial score (nSPS) is 19.8. The van der Waals surface area contributed by atoms with Crippen molar-refractivity contribution in [2.45, 2.75) is 70.9 Å². The van der Waals surface area contributed by atoms with Crippen molar-refractivity contribution in [3.05, 3.63) is 59.4 Å². The number of hydrogen-bond acceptors (Lipinski definition) is 3. The Labute approximate surface area is 190 Å². The van der Waals surface area contributed by atoms with Crippen LogP contribution in [0.5, 0.6) is 5.75 Å². The highest BCUT2D eigenvalue weighted by Gasteiger charge is 2.37. The molecule has 0 radical (unpaired) electrons. The number of nitrogens with zero attached hydrogens (tertiary/aromatic N) is 3. The number of aryl methyl sites for hydroxylation is 2. The van der Waals surface area contributed by atoms with E-state index < -0.39 is 0 Å². The van der Waals surface area contributed by atoms with Gasteiger partial charge in [0.05, 0.1) is 17.6 Å². The number of rotatable bonds is 6. The lowest BCUT2D eigenvalue weighted by molar-refractivity contribution is -0.130. The van der Waals surface area contributed by atoms with E-state index in [1.165, 1.54) is 24.8 Å². The van der Waals surface area contributed by atoms with Crippen LogP contribution in [0.15, 0.2) is 42.5 Å². The van der Waals surface area contributed by atoms with E-state index in [1.807, 2.05) is 6.07 Å². The van der Waals surface area contributed by atoms with Crippen LogP contribution in [0.25, 0.3) is 11.0 Å². The number of likely N-dealkylation sites (tertiary alicyclic amines) is 1. The van der Waals surface area contributed by atoms with Gasteiger partial charge in [-0.1, -0.05) is 49.1 Å². The number of ether oxygens (including phenoxy) is 1. The summed E-state index contributed by atoms with van der Waals surface area (Å²) in [5.74, 6) is 2.41. The molecule has 168 valence electrons. The summed E-state index contributed by atoms with van der Waals surface area (Å²) in [6, 6.07) is 15.0. The van der Waals surface area contributed by atoms with Crippen LogP contribution in [0, 0.1) is 13.8 Å². The fourth-order valence-corrected chi connectivity index (χ4v) is 5.50. The Morgan fingerprint density at radius 2 is 1.88 bits per heavy atom. The van der Waals surface area contributed by atoms with Crippen molar-refractivity contribution in [1.82, 2.24) is 14.5 Å². The lowest BCUT2D eigenvalue weighted by Crippen LogP contribution is -2.37. The minimum absolute atomic E-state index is 0.151. The van der Waals surface area contributed by atoms with Crippen LogP contribution in [0.2, 0.25) is 0 Å². The monoisotopic (exact) mass is 431 g/mol. The zero-order valence-corrected chi connectivity index (χ0v) is 19.2. The van der Waals surface area contributed by atoms with E-state index >= 15 is 0 Å². The minimum Gasteiger partial charge on any atom is -0.491 e. The van der Waals surface area contributed by atoms with Crippen molar-refractivity contribution in [1.29, 1.82) is 0 Å². The van der Waals surface area contributed by atoms with Gasteiger partial charge in [-0.2, -0.15) is 0 Å². The number of aromatic nitrogens is 2. The summed E-state index contributed by atoms with van der Waals surface area (Å²) in [6.45, 7) is 6.27. The first kappa shape index (κ1) is 21.0. The van der Waals surface area contributed by atoms with Crippen LogP contribution in [0.1, 0.15) is 61.4 Å². The van der Waals surface area contributed by atoms with Gasteiger partial charge in [0.2, 0.25) is 5.91 Å². The topological polar surface area (TPSA) is 47.4 Å². The summed E-state index contributed by atoms with van der Waals surface area (Å²) >= 11 is 0. The number of carbonyl (C=O) groups excluding carboxylic acids is 1. The van der Waals surface area contributed by atoms with Gasteiger partial charge < -0.3 is 14.2 Å². The van der Waals surface area contributed by atoms with E-state index in [4.69, 9.17) is 9.72 Å². The molecule has 1 aliphatic carbocycles. The average molecular weight is 432 g/mol. The summed E-state index contributed by atoms with van der Waals surface area (Å²) in [7, 11) is 0. The molecule has 32 heavy (non-hydrogen) atoms. The highest BCUT2D eigenvalue weighted by molar-refractivity contribution is 5.81. The lowest BCUT2D eigenvalue weighted by Gasteiger charge is -2.31. The fraction of sp³-hybridized carbons (Fsp3) is 0.481. The second-order valence-electron chi connectivity index (χ2n) is 9.47. The Morgan fingerprint density at radius 3 is 2.69 bits per heavy atom. The van der Waals surface area contributed by atoms with E-state index in [-0.39, 0.29) is 5.92 Å². The van der Waals surface area contributed by atoms with Crippen LogP contribution in [-0.2, 0) is 11.3 Å². The van der Waals surface area contributed by atoms with Crippen LogP contribution >= 0.6 is 0 Å². The molecule has 3 aromatic rings. The highest BCUT2D eigenvalue weighted by atomic mass is 16.5. The van der Waals surface area contributed by atoms with Gasteiger partial charge in [-0.3, -0.25) is 4.79 Å². The molecule has 0 bridgehead atoms. The number of carbonyl (C=O) groups is 1.